The second-order valence-electron chi connectivity index (χ2n) is 7.54. The molecule has 1 saturated heterocycles. The van der Waals surface area contributed by atoms with Crippen molar-refractivity contribution in [3.63, 3.8) is 0 Å². The van der Waals surface area contributed by atoms with E-state index < -0.39 is 34.9 Å². The highest BCUT2D eigenvalue weighted by molar-refractivity contribution is 6.06. The molecule has 2 N–H and O–H groups in total. The first kappa shape index (κ1) is 20.9. The number of nitrogens with zero attached hydrogens (tertiary/aromatic N) is 1. The molecule has 0 spiro atoms. The zero-order valence-electron chi connectivity index (χ0n) is 16.5. The molecule has 162 valence electrons. The Kier molecular flexibility index (Phi) is 5.20. The quantitative estimate of drug-likeness (QED) is 0.591. The van der Waals surface area contributed by atoms with Crippen LogP contribution in [0.2, 0.25) is 0 Å². The van der Waals surface area contributed by atoms with Gasteiger partial charge in [-0.3, -0.25) is 9.59 Å². The fraction of sp³-hybridized carbons (Fsp3) is 0.273. The summed E-state index contributed by atoms with van der Waals surface area (Å²) in [6.45, 7) is 2.05. The summed E-state index contributed by atoms with van der Waals surface area (Å²) < 4.78 is 54.5. The Labute approximate surface area is 174 Å². The van der Waals surface area contributed by atoms with Crippen LogP contribution >= 0.6 is 0 Å². The van der Waals surface area contributed by atoms with Gasteiger partial charge < -0.3 is 15.2 Å². The van der Waals surface area contributed by atoms with Crippen LogP contribution in [0.1, 0.15) is 27.9 Å². The number of pyridine rings is 1. The smallest absolute Gasteiger partial charge is 0.368 e. The molecule has 2 heterocycles. The number of fused-ring (bicyclic) bond motifs is 1. The van der Waals surface area contributed by atoms with E-state index >= 15 is 0 Å². The number of aromatic amines is 1. The lowest BCUT2D eigenvalue weighted by Crippen LogP contribution is -2.24. The third kappa shape index (κ3) is 3.99. The van der Waals surface area contributed by atoms with Crippen LogP contribution in [0.15, 0.2) is 47.4 Å². The third-order valence-electron chi connectivity index (χ3n) is 5.41. The van der Waals surface area contributed by atoms with Gasteiger partial charge in [-0.2, -0.15) is 13.2 Å². The lowest BCUT2D eigenvalue weighted by molar-refractivity contribution is -0.136. The van der Waals surface area contributed by atoms with E-state index in [0.717, 1.165) is 12.1 Å². The maximum Gasteiger partial charge on any atom is 0.418 e. The molecule has 1 aliphatic rings. The van der Waals surface area contributed by atoms with Crippen LogP contribution in [0.25, 0.3) is 10.9 Å². The van der Waals surface area contributed by atoms with Gasteiger partial charge in [0.2, 0.25) is 5.43 Å². The van der Waals surface area contributed by atoms with Crippen molar-refractivity contribution in [3.05, 3.63) is 69.5 Å². The minimum Gasteiger partial charge on any atom is -0.368 e. The molecule has 1 amide bonds. The molecule has 0 bridgehead atoms. The number of alkyl halides is 4. The van der Waals surface area contributed by atoms with E-state index in [1.54, 1.807) is 25.1 Å². The number of halogens is 4. The maximum absolute atomic E-state index is 13.7. The summed E-state index contributed by atoms with van der Waals surface area (Å²) in [6.07, 6.45) is -4.40. The number of rotatable bonds is 3. The molecule has 9 heteroatoms. The predicted octanol–water partition coefficient (Wildman–Crippen LogP) is 4.66. The number of anilines is 2. The Bertz CT molecular complexity index is 1220. The van der Waals surface area contributed by atoms with Crippen molar-refractivity contribution in [1.29, 1.82) is 0 Å². The molecule has 1 aliphatic heterocycles. The first-order valence-electron chi connectivity index (χ1n) is 9.68. The van der Waals surface area contributed by atoms with Gasteiger partial charge in [0.1, 0.15) is 11.7 Å². The van der Waals surface area contributed by atoms with Gasteiger partial charge in [0.25, 0.3) is 5.91 Å². The van der Waals surface area contributed by atoms with Gasteiger partial charge >= 0.3 is 6.18 Å². The summed E-state index contributed by atoms with van der Waals surface area (Å²) >= 11 is 0. The zero-order chi connectivity index (χ0) is 22.3. The normalized spacial score (nSPS) is 16.7. The average molecular weight is 433 g/mol. The van der Waals surface area contributed by atoms with Crippen molar-refractivity contribution in [2.45, 2.75) is 25.7 Å². The van der Waals surface area contributed by atoms with Crippen molar-refractivity contribution in [2.24, 2.45) is 0 Å². The topological polar surface area (TPSA) is 65.2 Å². The molecule has 1 fully saturated rings. The number of H-pyrrole nitrogens is 1. The highest BCUT2D eigenvalue weighted by Crippen LogP contribution is 2.38. The minimum absolute atomic E-state index is 0.0226. The fourth-order valence-corrected chi connectivity index (χ4v) is 3.82. The van der Waals surface area contributed by atoms with Gasteiger partial charge in [-0.15, -0.1) is 0 Å². The summed E-state index contributed by atoms with van der Waals surface area (Å²) in [7, 11) is 0. The SMILES string of the molecule is Cc1cccc2[nH]cc(C(=O)Nc3ccc(N4CCC(F)C4)cc3C(F)(F)F)c(=O)c12. The van der Waals surface area contributed by atoms with Crippen LogP contribution < -0.4 is 15.6 Å². The van der Waals surface area contributed by atoms with E-state index in [-0.39, 0.29) is 24.2 Å². The fourth-order valence-electron chi connectivity index (χ4n) is 3.82. The maximum atomic E-state index is 13.7. The predicted molar refractivity (Wildman–Crippen MR) is 110 cm³/mol. The van der Waals surface area contributed by atoms with Gasteiger partial charge in [-0.05, 0) is 43.2 Å². The van der Waals surface area contributed by atoms with Crippen LogP contribution in [0.4, 0.5) is 28.9 Å². The van der Waals surface area contributed by atoms with Gasteiger partial charge in [0.05, 0.1) is 11.3 Å². The van der Waals surface area contributed by atoms with Gasteiger partial charge in [0.15, 0.2) is 0 Å². The molecule has 31 heavy (non-hydrogen) atoms. The number of carbonyl (C=O) groups excluding carboxylic acids is 1. The molecular formula is C22H19F4N3O2. The van der Waals surface area contributed by atoms with Crippen LogP contribution in [-0.4, -0.2) is 30.2 Å². The van der Waals surface area contributed by atoms with Gasteiger partial charge in [0, 0.05) is 35.9 Å². The van der Waals surface area contributed by atoms with Crippen LogP contribution in [0.5, 0.6) is 0 Å². The Morgan fingerprint density at radius 1 is 1.23 bits per heavy atom. The Hall–Kier alpha value is -3.36. The van der Waals surface area contributed by atoms with Crippen molar-refractivity contribution in [3.8, 4) is 0 Å². The van der Waals surface area contributed by atoms with E-state index in [1.165, 1.54) is 17.2 Å². The average Bonchev–Trinajstić information content (AvgIpc) is 3.14. The number of nitrogens with one attached hydrogen (secondary N) is 2. The number of hydrogen-bond acceptors (Lipinski definition) is 3. The Balaban J connectivity index is 1.70. The molecule has 5 nitrogen and oxygen atoms in total. The Morgan fingerprint density at radius 2 is 2.00 bits per heavy atom. The second kappa shape index (κ2) is 7.72. The van der Waals surface area contributed by atoms with Crippen LogP contribution in [0.3, 0.4) is 0 Å². The van der Waals surface area contributed by atoms with E-state index in [1.807, 2.05) is 0 Å². The van der Waals surface area contributed by atoms with Crippen molar-refractivity contribution in [1.82, 2.24) is 4.98 Å². The first-order valence-corrected chi connectivity index (χ1v) is 9.68. The van der Waals surface area contributed by atoms with Crippen LogP contribution in [0, 0.1) is 6.92 Å². The summed E-state index contributed by atoms with van der Waals surface area (Å²) in [5, 5.41) is 2.52. The molecule has 1 unspecified atom stereocenters. The molecule has 1 atom stereocenters. The number of carbonyl (C=O) groups is 1. The molecule has 0 saturated carbocycles. The Morgan fingerprint density at radius 3 is 2.68 bits per heavy atom. The molecular weight excluding hydrogens is 414 g/mol. The molecule has 0 radical (unpaired) electrons. The summed E-state index contributed by atoms with van der Waals surface area (Å²) in [4.78, 5) is 29.8. The third-order valence-corrected chi connectivity index (χ3v) is 5.41. The number of amides is 1. The van der Waals surface area contributed by atoms with Gasteiger partial charge in [-0.25, -0.2) is 4.39 Å². The van der Waals surface area contributed by atoms with E-state index in [9.17, 15) is 27.2 Å². The highest BCUT2D eigenvalue weighted by Gasteiger charge is 2.35. The number of aromatic nitrogens is 1. The van der Waals surface area contributed by atoms with E-state index in [0.29, 0.717) is 23.0 Å². The van der Waals surface area contributed by atoms with Crippen molar-refractivity contribution < 1.29 is 22.4 Å². The molecule has 1 aromatic heterocycles. The number of aryl methyl sites for hydroxylation is 1. The zero-order valence-corrected chi connectivity index (χ0v) is 16.5. The molecule has 4 rings (SSSR count). The van der Waals surface area contributed by atoms with E-state index in [2.05, 4.69) is 10.3 Å². The van der Waals surface area contributed by atoms with Crippen molar-refractivity contribution >= 4 is 28.2 Å². The molecule has 2 aromatic carbocycles. The van der Waals surface area contributed by atoms with Crippen LogP contribution in [-0.2, 0) is 6.18 Å². The standard InChI is InChI=1S/C22H19F4N3O2/c1-12-3-2-4-18-19(12)20(30)15(10-27-18)21(31)28-17-6-5-14(9-16(17)22(24,25)26)29-8-7-13(23)11-29/h2-6,9-10,13H,7-8,11H2,1H3,(H,27,30)(H,28,31). The molecule has 0 aliphatic carbocycles. The summed E-state index contributed by atoms with van der Waals surface area (Å²) in [5.41, 5.74) is -0.996. The summed E-state index contributed by atoms with van der Waals surface area (Å²) in [5.74, 6) is -0.949. The van der Waals surface area contributed by atoms with Gasteiger partial charge in [-0.1, -0.05) is 12.1 Å². The minimum atomic E-state index is -4.75. The molecule has 3 aromatic rings. The summed E-state index contributed by atoms with van der Waals surface area (Å²) in [6, 6.07) is 8.55. The van der Waals surface area contributed by atoms with Crippen molar-refractivity contribution in [2.75, 3.05) is 23.3 Å². The largest absolute Gasteiger partial charge is 0.418 e. The lowest BCUT2D eigenvalue weighted by atomic mass is 10.1. The lowest BCUT2D eigenvalue weighted by Gasteiger charge is -2.21. The monoisotopic (exact) mass is 433 g/mol. The number of hydrogen-bond donors (Lipinski definition) is 2. The number of benzene rings is 2. The second-order valence-corrected chi connectivity index (χ2v) is 7.54. The highest BCUT2D eigenvalue weighted by atomic mass is 19.4. The van der Waals surface area contributed by atoms with E-state index in [4.69, 9.17) is 0 Å². The first-order chi connectivity index (χ1) is 14.6.